The molecule has 1 amide bonds. The number of rotatable bonds is 14. The van der Waals surface area contributed by atoms with Crippen molar-refractivity contribution in [2.45, 2.75) is 65.0 Å². The molecular weight excluding hydrogens is 610 g/mol. The summed E-state index contributed by atoms with van der Waals surface area (Å²) in [4.78, 5) is 26.2. The Morgan fingerprint density at radius 2 is 1.33 bits per heavy atom. The summed E-state index contributed by atoms with van der Waals surface area (Å²) in [5, 5.41) is 9.24. The number of benzene rings is 5. The standard InChI is InChI=1S/C43H45NO5/c1-43(2,3)36-21-16-33(17-22-36)30-48-40-28-32(20-25-42(46)47)18-23-39(40)35-12-8-11-34(26-35)29-44(4)41(45)24-19-31-10-9-15-38(27-31)49-37-13-6-5-7-14-37/h5-18,21-23,26-28H,19-20,24-25,29-30H2,1-4H3,(H,46,47). The summed E-state index contributed by atoms with van der Waals surface area (Å²) in [7, 11) is 1.83. The first-order valence-corrected chi connectivity index (χ1v) is 16.8. The average molecular weight is 656 g/mol. The molecule has 0 aliphatic rings. The van der Waals surface area contributed by atoms with Gasteiger partial charge in [0.2, 0.25) is 5.91 Å². The highest BCUT2D eigenvalue weighted by Gasteiger charge is 2.15. The Kier molecular flexibility index (Phi) is 11.5. The summed E-state index contributed by atoms with van der Waals surface area (Å²) in [6.07, 6.45) is 1.47. The molecule has 1 N–H and O–H groups in total. The molecule has 0 heterocycles. The van der Waals surface area contributed by atoms with Gasteiger partial charge in [-0.1, -0.05) is 106 Å². The van der Waals surface area contributed by atoms with Gasteiger partial charge in [0, 0.05) is 32.0 Å². The van der Waals surface area contributed by atoms with Crippen LogP contribution in [0.25, 0.3) is 11.1 Å². The minimum Gasteiger partial charge on any atom is -0.488 e. The van der Waals surface area contributed by atoms with E-state index >= 15 is 0 Å². The van der Waals surface area contributed by atoms with Gasteiger partial charge in [0.25, 0.3) is 0 Å². The SMILES string of the molecule is CN(Cc1cccc(-c2ccc(CCC(=O)O)cc2OCc2ccc(C(C)(C)C)cc2)c1)C(=O)CCc1cccc(Oc2ccccc2)c1. The number of carbonyl (C=O) groups is 2. The van der Waals surface area contributed by atoms with Gasteiger partial charge in [0.05, 0.1) is 0 Å². The number of hydrogen-bond donors (Lipinski definition) is 1. The number of amides is 1. The molecular formula is C43H45NO5. The van der Waals surface area contributed by atoms with Crippen molar-refractivity contribution >= 4 is 11.9 Å². The van der Waals surface area contributed by atoms with Crippen LogP contribution in [0, 0.1) is 0 Å². The predicted molar refractivity (Wildman–Crippen MR) is 195 cm³/mol. The van der Waals surface area contributed by atoms with Crippen molar-refractivity contribution < 1.29 is 24.2 Å². The molecule has 0 unspecified atom stereocenters. The minimum absolute atomic E-state index is 0.0514. The van der Waals surface area contributed by atoms with Crippen LogP contribution in [0.5, 0.6) is 17.2 Å². The quantitative estimate of drug-likeness (QED) is 0.129. The van der Waals surface area contributed by atoms with E-state index < -0.39 is 5.97 Å². The molecule has 5 aromatic rings. The molecule has 0 aromatic heterocycles. The van der Waals surface area contributed by atoms with Crippen molar-refractivity contribution in [3.63, 3.8) is 0 Å². The van der Waals surface area contributed by atoms with Crippen LogP contribution in [0.1, 0.15) is 61.4 Å². The van der Waals surface area contributed by atoms with Crippen LogP contribution in [0.3, 0.4) is 0 Å². The number of carboxylic acid groups (broad SMARTS) is 1. The third kappa shape index (κ3) is 10.3. The topological polar surface area (TPSA) is 76.1 Å². The van der Waals surface area contributed by atoms with Crippen LogP contribution in [-0.2, 0) is 41.0 Å². The van der Waals surface area contributed by atoms with Gasteiger partial charge in [-0.3, -0.25) is 9.59 Å². The number of ether oxygens (including phenoxy) is 2. The van der Waals surface area contributed by atoms with Crippen molar-refractivity contribution in [3.05, 3.63) is 149 Å². The first-order chi connectivity index (χ1) is 23.5. The third-order valence-corrected chi connectivity index (χ3v) is 8.48. The van der Waals surface area contributed by atoms with Gasteiger partial charge in [0.1, 0.15) is 23.9 Å². The fraction of sp³-hybridized carbons (Fsp3) is 0.256. The first kappa shape index (κ1) is 35.0. The lowest BCUT2D eigenvalue weighted by Crippen LogP contribution is -2.26. The maximum Gasteiger partial charge on any atom is 0.303 e. The average Bonchev–Trinajstić information content (AvgIpc) is 3.09. The monoisotopic (exact) mass is 655 g/mol. The zero-order chi connectivity index (χ0) is 34.8. The molecule has 0 bridgehead atoms. The molecule has 6 nitrogen and oxygen atoms in total. The summed E-state index contributed by atoms with van der Waals surface area (Å²) in [6, 6.07) is 40.0. The Hall–Kier alpha value is -5.36. The largest absolute Gasteiger partial charge is 0.488 e. The van der Waals surface area contributed by atoms with E-state index in [4.69, 9.17) is 9.47 Å². The molecule has 252 valence electrons. The lowest BCUT2D eigenvalue weighted by Gasteiger charge is -2.20. The van der Waals surface area contributed by atoms with Gasteiger partial charge in [-0.2, -0.15) is 0 Å². The second kappa shape index (κ2) is 16.2. The van der Waals surface area contributed by atoms with E-state index in [0.29, 0.717) is 38.2 Å². The van der Waals surface area contributed by atoms with Crippen LogP contribution in [0.4, 0.5) is 0 Å². The third-order valence-electron chi connectivity index (χ3n) is 8.48. The Morgan fingerprint density at radius 1 is 0.673 bits per heavy atom. The van der Waals surface area contributed by atoms with Crippen molar-refractivity contribution in [1.82, 2.24) is 4.90 Å². The molecule has 49 heavy (non-hydrogen) atoms. The number of carboxylic acids is 1. The predicted octanol–water partition coefficient (Wildman–Crippen LogP) is 9.63. The summed E-state index contributed by atoms with van der Waals surface area (Å²) in [6.45, 7) is 7.43. The Balaban J connectivity index is 1.25. The number of aryl methyl sites for hydroxylation is 2. The van der Waals surface area contributed by atoms with Gasteiger partial charge < -0.3 is 19.5 Å². The first-order valence-electron chi connectivity index (χ1n) is 16.8. The fourth-order valence-electron chi connectivity index (χ4n) is 5.62. The molecule has 0 aliphatic heterocycles. The lowest BCUT2D eigenvalue weighted by molar-refractivity contribution is -0.137. The fourth-order valence-corrected chi connectivity index (χ4v) is 5.62. The van der Waals surface area contributed by atoms with Crippen LogP contribution in [-0.4, -0.2) is 28.9 Å². The van der Waals surface area contributed by atoms with Gasteiger partial charge in [-0.15, -0.1) is 0 Å². The Morgan fingerprint density at radius 3 is 2.06 bits per heavy atom. The Bertz CT molecular complexity index is 1860. The van der Waals surface area contributed by atoms with Crippen LogP contribution < -0.4 is 9.47 Å². The van der Waals surface area contributed by atoms with Crippen LogP contribution in [0.2, 0.25) is 0 Å². The number of hydrogen-bond acceptors (Lipinski definition) is 4. The molecule has 5 rings (SSSR count). The van der Waals surface area contributed by atoms with E-state index in [-0.39, 0.29) is 17.7 Å². The summed E-state index contributed by atoms with van der Waals surface area (Å²) >= 11 is 0. The van der Waals surface area contributed by atoms with Gasteiger partial charge in [-0.05, 0) is 88.0 Å². The second-order valence-electron chi connectivity index (χ2n) is 13.5. The molecule has 0 aliphatic carbocycles. The van der Waals surface area contributed by atoms with Crippen molar-refractivity contribution in [2.75, 3.05) is 7.05 Å². The molecule has 0 atom stereocenters. The van der Waals surface area contributed by atoms with Crippen molar-refractivity contribution in [3.8, 4) is 28.4 Å². The highest BCUT2D eigenvalue weighted by atomic mass is 16.5. The zero-order valence-electron chi connectivity index (χ0n) is 28.8. The van der Waals surface area contributed by atoms with E-state index in [1.807, 2.05) is 98.0 Å². The summed E-state index contributed by atoms with van der Waals surface area (Å²) < 4.78 is 12.4. The van der Waals surface area contributed by atoms with E-state index in [1.165, 1.54) is 5.56 Å². The maximum absolute atomic E-state index is 13.2. The molecule has 0 spiro atoms. The number of nitrogens with zero attached hydrogens (tertiary/aromatic N) is 1. The molecule has 0 radical (unpaired) electrons. The number of carbonyl (C=O) groups excluding carboxylic acids is 1. The van der Waals surface area contributed by atoms with Crippen LogP contribution in [0.15, 0.2) is 121 Å². The molecule has 0 fully saturated rings. The molecule has 5 aromatic carbocycles. The van der Waals surface area contributed by atoms with E-state index in [9.17, 15) is 14.7 Å². The summed E-state index contributed by atoms with van der Waals surface area (Å²) in [5.74, 6) is 1.45. The normalized spacial score (nSPS) is 11.2. The van der Waals surface area contributed by atoms with E-state index in [2.05, 4.69) is 51.1 Å². The number of aliphatic carboxylic acids is 1. The molecule has 0 saturated heterocycles. The van der Waals surface area contributed by atoms with Crippen molar-refractivity contribution in [2.24, 2.45) is 0 Å². The van der Waals surface area contributed by atoms with Gasteiger partial charge in [0.15, 0.2) is 0 Å². The summed E-state index contributed by atoms with van der Waals surface area (Å²) in [5.41, 5.74) is 7.22. The zero-order valence-corrected chi connectivity index (χ0v) is 28.8. The van der Waals surface area contributed by atoms with E-state index in [1.54, 1.807) is 4.90 Å². The highest BCUT2D eigenvalue weighted by molar-refractivity contribution is 5.76. The van der Waals surface area contributed by atoms with Crippen molar-refractivity contribution in [1.29, 1.82) is 0 Å². The molecule has 6 heteroatoms. The van der Waals surface area contributed by atoms with Gasteiger partial charge in [-0.25, -0.2) is 0 Å². The smallest absolute Gasteiger partial charge is 0.303 e. The highest BCUT2D eigenvalue weighted by Crippen LogP contribution is 2.33. The van der Waals surface area contributed by atoms with Crippen LogP contribution >= 0.6 is 0 Å². The minimum atomic E-state index is -0.831. The maximum atomic E-state index is 13.2. The van der Waals surface area contributed by atoms with E-state index in [0.717, 1.165) is 44.9 Å². The Labute approximate surface area is 290 Å². The number of para-hydroxylation sites is 1. The lowest BCUT2D eigenvalue weighted by atomic mass is 9.87. The van der Waals surface area contributed by atoms with Gasteiger partial charge >= 0.3 is 5.97 Å². The molecule has 0 saturated carbocycles. The second-order valence-corrected chi connectivity index (χ2v) is 13.5.